The maximum Gasteiger partial charge on any atom is 0.224 e. The van der Waals surface area contributed by atoms with E-state index in [1.54, 1.807) is 6.07 Å². The fraction of sp³-hybridized carbons (Fsp3) is 0.433. The Morgan fingerprint density at radius 3 is 2.39 bits per heavy atom. The van der Waals surface area contributed by atoms with Crippen LogP contribution in [0.2, 0.25) is 5.15 Å². The number of hydrogen-bond acceptors (Lipinski definition) is 6. The molecule has 6 nitrogen and oxygen atoms in total. The molecule has 5 atom stereocenters. The molecular formula is C30H34BrClN2O4. The minimum Gasteiger partial charge on any atom is -0.481 e. The Bertz CT molecular complexity index is 1300. The Labute approximate surface area is 237 Å². The van der Waals surface area contributed by atoms with Gasteiger partial charge in [0, 0.05) is 41.4 Å². The Balaban J connectivity index is 1.85. The van der Waals surface area contributed by atoms with Crippen LogP contribution in [-0.4, -0.2) is 54.5 Å². The highest BCUT2D eigenvalue weighted by Crippen LogP contribution is 2.71. The molecule has 38 heavy (non-hydrogen) atoms. The van der Waals surface area contributed by atoms with E-state index >= 15 is 0 Å². The van der Waals surface area contributed by atoms with Gasteiger partial charge >= 0.3 is 0 Å². The summed E-state index contributed by atoms with van der Waals surface area (Å²) in [7, 11) is 5.46. The molecule has 2 N–H and O–H groups in total. The summed E-state index contributed by atoms with van der Waals surface area (Å²) in [5.74, 6) is -0.440. The van der Waals surface area contributed by atoms with Crippen molar-refractivity contribution in [1.29, 1.82) is 0 Å². The zero-order valence-electron chi connectivity index (χ0n) is 22.1. The van der Waals surface area contributed by atoms with E-state index in [1.807, 2.05) is 43.3 Å². The van der Waals surface area contributed by atoms with E-state index in [1.165, 1.54) is 12.7 Å². The van der Waals surface area contributed by atoms with Crippen LogP contribution in [0.5, 0.6) is 11.6 Å². The first-order valence-corrected chi connectivity index (χ1v) is 14.1. The van der Waals surface area contributed by atoms with Crippen LogP contribution in [0.4, 0.5) is 0 Å². The minimum absolute atomic E-state index is 0.123. The van der Waals surface area contributed by atoms with E-state index in [0.29, 0.717) is 17.9 Å². The third-order valence-corrected chi connectivity index (χ3v) is 8.90. The predicted octanol–water partition coefficient (Wildman–Crippen LogP) is 5.52. The van der Waals surface area contributed by atoms with E-state index in [4.69, 9.17) is 21.1 Å². The lowest BCUT2D eigenvalue weighted by Gasteiger charge is -2.42. The van der Waals surface area contributed by atoms with Crippen molar-refractivity contribution in [3.05, 3.63) is 86.5 Å². The number of methoxy groups -OCH3 is 1. The van der Waals surface area contributed by atoms with Crippen molar-refractivity contribution < 1.29 is 19.7 Å². The summed E-state index contributed by atoms with van der Waals surface area (Å²) >= 11 is 9.95. The Morgan fingerprint density at radius 2 is 1.82 bits per heavy atom. The smallest absolute Gasteiger partial charge is 0.224 e. The first kappa shape index (κ1) is 27.4. The van der Waals surface area contributed by atoms with Crippen molar-refractivity contribution in [2.75, 3.05) is 34.4 Å². The second-order valence-corrected chi connectivity index (χ2v) is 11.9. The van der Waals surface area contributed by atoms with Gasteiger partial charge in [-0.2, -0.15) is 0 Å². The molecule has 0 bridgehead atoms. The van der Waals surface area contributed by atoms with Gasteiger partial charge in [-0.25, -0.2) is 4.98 Å². The highest BCUT2D eigenvalue weighted by molar-refractivity contribution is 9.10. The maximum absolute atomic E-state index is 13.2. The van der Waals surface area contributed by atoms with Gasteiger partial charge in [-0.1, -0.05) is 77.3 Å². The molecule has 1 fully saturated rings. The number of nitrogens with zero attached hydrogens (tertiary/aromatic N) is 2. The van der Waals surface area contributed by atoms with E-state index < -0.39 is 17.1 Å². The number of aryl methyl sites for hydroxylation is 1. The van der Waals surface area contributed by atoms with E-state index in [-0.39, 0.29) is 29.5 Å². The summed E-state index contributed by atoms with van der Waals surface area (Å²) in [6.07, 6.45) is 2.05. The molecule has 0 spiro atoms. The monoisotopic (exact) mass is 600 g/mol. The van der Waals surface area contributed by atoms with Crippen molar-refractivity contribution in [2.45, 2.75) is 36.9 Å². The van der Waals surface area contributed by atoms with E-state index in [2.05, 4.69) is 52.1 Å². The van der Waals surface area contributed by atoms with Gasteiger partial charge in [0.2, 0.25) is 5.88 Å². The average Bonchev–Trinajstić information content (AvgIpc) is 3.26. The SMILES string of the molecule is CCCc1ccc([C@@H]2[C@@H](CO)[C@H](CN(C)C)[C@@]3(O)c4c(cc(Cl)nc4OC)O[C@@]23c2ccc(Br)cc2)cc1. The van der Waals surface area contributed by atoms with Crippen LogP contribution >= 0.6 is 27.5 Å². The first-order chi connectivity index (χ1) is 18.2. The Kier molecular flexibility index (Phi) is 7.52. The molecule has 2 aromatic carbocycles. The van der Waals surface area contributed by atoms with Crippen LogP contribution in [0.15, 0.2) is 59.1 Å². The van der Waals surface area contributed by atoms with Gasteiger partial charge in [0.05, 0.1) is 12.7 Å². The van der Waals surface area contributed by atoms with Crippen LogP contribution < -0.4 is 9.47 Å². The van der Waals surface area contributed by atoms with Gasteiger partial charge in [-0.05, 0) is 49.3 Å². The van der Waals surface area contributed by atoms with Crippen LogP contribution in [0, 0.1) is 11.8 Å². The van der Waals surface area contributed by atoms with Gasteiger partial charge in [0.15, 0.2) is 5.60 Å². The standard InChI is InChI=1S/C30H34BrClN2O4/c1-5-6-18-7-9-19(10-8-18)26-22(17-35)23(16-34(2)3)29(36)27-24(15-25(32)33-28(27)37-4)38-30(26,29)20-11-13-21(31)14-12-20/h7-15,22-23,26,35-36H,5-6,16-17H2,1-4H3/t22-,23-,26+,29+,30-/m0/s1. The molecule has 0 unspecified atom stereocenters. The number of aromatic nitrogens is 1. The van der Waals surface area contributed by atoms with Crippen molar-refractivity contribution in [3.63, 3.8) is 0 Å². The summed E-state index contributed by atoms with van der Waals surface area (Å²) < 4.78 is 13.6. The molecule has 2 aliphatic rings. The fourth-order valence-corrected chi connectivity index (χ4v) is 7.24. The Morgan fingerprint density at radius 1 is 1.13 bits per heavy atom. The third-order valence-electron chi connectivity index (χ3n) is 8.17. The number of hydrogen-bond donors (Lipinski definition) is 2. The molecular weight excluding hydrogens is 568 g/mol. The molecule has 1 saturated carbocycles. The molecule has 0 amide bonds. The molecule has 1 aliphatic carbocycles. The molecule has 2 heterocycles. The van der Waals surface area contributed by atoms with E-state index in [0.717, 1.165) is 28.4 Å². The van der Waals surface area contributed by atoms with Gasteiger partial charge < -0.3 is 24.6 Å². The molecule has 1 aliphatic heterocycles. The zero-order valence-corrected chi connectivity index (χ0v) is 24.5. The summed E-state index contributed by atoms with van der Waals surface area (Å²) in [4.78, 5) is 6.46. The highest BCUT2D eigenvalue weighted by Gasteiger charge is 2.76. The normalized spacial score (nSPS) is 27.8. The van der Waals surface area contributed by atoms with Crippen molar-refractivity contribution in [2.24, 2.45) is 11.8 Å². The van der Waals surface area contributed by atoms with Crippen molar-refractivity contribution in [1.82, 2.24) is 9.88 Å². The zero-order chi connectivity index (χ0) is 27.2. The van der Waals surface area contributed by atoms with Gasteiger partial charge in [0.25, 0.3) is 0 Å². The number of aliphatic hydroxyl groups excluding tert-OH is 1. The highest BCUT2D eigenvalue weighted by atomic mass is 79.9. The second kappa shape index (κ2) is 10.4. The van der Waals surface area contributed by atoms with Gasteiger partial charge in [-0.15, -0.1) is 0 Å². The fourth-order valence-electron chi connectivity index (χ4n) is 6.80. The predicted molar refractivity (Wildman–Crippen MR) is 152 cm³/mol. The Hall–Kier alpha value is -2.16. The first-order valence-electron chi connectivity index (χ1n) is 13.0. The molecule has 0 saturated heterocycles. The topological polar surface area (TPSA) is 75.1 Å². The second-order valence-electron chi connectivity index (χ2n) is 10.6. The molecule has 5 rings (SSSR count). The van der Waals surface area contributed by atoms with Crippen LogP contribution in [0.1, 0.15) is 41.5 Å². The molecule has 8 heteroatoms. The maximum atomic E-state index is 13.2. The quantitative estimate of drug-likeness (QED) is 0.332. The lowest BCUT2D eigenvalue weighted by atomic mass is 9.70. The molecule has 3 aromatic rings. The number of benzene rings is 2. The summed E-state index contributed by atoms with van der Waals surface area (Å²) in [5, 5.41) is 24.4. The third kappa shape index (κ3) is 4.06. The number of rotatable bonds is 8. The van der Waals surface area contributed by atoms with Crippen LogP contribution in [0.25, 0.3) is 0 Å². The number of fused-ring (bicyclic) bond motifs is 3. The molecule has 202 valence electrons. The average molecular weight is 602 g/mol. The summed E-state index contributed by atoms with van der Waals surface area (Å²) in [5.41, 5.74) is 0.681. The lowest BCUT2D eigenvalue weighted by Crippen LogP contribution is -2.52. The largest absolute Gasteiger partial charge is 0.481 e. The summed E-state index contributed by atoms with van der Waals surface area (Å²) in [6, 6.07) is 18.0. The van der Waals surface area contributed by atoms with Crippen LogP contribution in [0.3, 0.4) is 0 Å². The lowest BCUT2D eigenvalue weighted by molar-refractivity contribution is -0.131. The van der Waals surface area contributed by atoms with E-state index in [9.17, 15) is 10.2 Å². The van der Waals surface area contributed by atoms with Crippen molar-refractivity contribution >= 4 is 27.5 Å². The molecule has 0 radical (unpaired) electrons. The number of ether oxygens (including phenoxy) is 2. The number of aliphatic hydroxyl groups is 2. The summed E-state index contributed by atoms with van der Waals surface area (Å²) in [6.45, 7) is 2.55. The minimum atomic E-state index is -1.58. The van der Waals surface area contributed by atoms with Crippen molar-refractivity contribution in [3.8, 4) is 11.6 Å². The van der Waals surface area contributed by atoms with Gasteiger partial charge in [0.1, 0.15) is 16.5 Å². The molecule has 1 aromatic heterocycles. The van der Waals surface area contributed by atoms with Gasteiger partial charge in [-0.3, -0.25) is 0 Å². The number of halogens is 2. The number of pyridine rings is 1. The van der Waals surface area contributed by atoms with Crippen LogP contribution in [-0.2, 0) is 17.6 Å².